The first-order valence-electron chi connectivity index (χ1n) is 17.6. The zero-order chi connectivity index (χ0) is 34.2. The SMILES string of the molecule is c1ccc(-n2c3ccccc3c3c(-c4ccc(N(c5ccc6c(c5)sc5ccccc56)c5ccc6c(c5)sc5ccccc56)cc4)cccc32)cc1. The maximum atomic E-state index is 2.42. The van der Waals surface area contributed by atoms with Crippen molar-refractivity contribution in [3.63, 3.8) is 0 Å². The number of hydrogen-bond donors (Lipinski definition) is 0. The van der Waals surface area contributed by atoms with Crippen molar-refractivity contribution in [3.8, 4) is 16.8 Å². The Hall–Kier alpha value is -6.20. The molecule has 52 heavy (non-hydrogen) atoms. The Kier molecular flexibility index (Phi) is 6.63. The lowest BCUT2D eigenvalue weighted by Crippen LogP contribution is -2.09. The van der Waals surface area contributed by atoms with Crippen LogP contribution in [-0.4, -0.2) is 4.57 Å². The minimum absolute atomic E-state index is 1.13. The Morgan fingerprint density at radius 1 is 0.365 bits per heavy atom. The highest BCUT2D eigenvalue weighted by atomic mass is 32.1. The second kappa shape index (κ2) is 11.7. The Morgan fingerprint density at radius 3 is 1.54 bits per heavy atom. The van der Waals surface area contributed by atoms with E-state index in [1.54, 1.807) is 0 Å². The van der Waals surface area contributed by atoms with Gasteiger partial charge in [-0.15, -0.1) is 22.7 Å². The predicted octanol–water partition coefficient (Wildman–Crippen LogP) is 14.7. The Bertz CT molecular complexity index is 3020. The van der Waals surface area contributed by atoms with Crippen LogP contribution in [0.15, 0.2) is 182 Å². The molecule has 0 atom stereocenters. The topological polar surface area (TPSA) is 8.17 Å². The normalized spacial score (nSPS) is 11.8. The smallest absolute Gasteiger partial charge is 0.0547 e. The van der Waals surface area contributed by atoms with Crippen molar-refractivity contribution >= 4 is 102 Å². The number of para-hydroxylation sites is 2. The van der Waals surface area contributed by atoms with Gasteiger partial charge in [-0.05, 0) is 83.9 Å². The molecule has 11 rings (SSSR count). The lowest BCUT2D eigenvalue weighted by atomic mass is 9.99. The minimum atomic E-state index is 1.13. The maximum absolute atomic E-state index is 2.42. The van der Waals surface area contributed by atoms with Crippen LogP contribution in [0.4, 0.5) is 17.1 Å². The standard InChI is InChI=1S/C48H30N2S2/c1-2-11-32(12-3-1)50-42-17-7-4-15-41(42)48-36(16-10-18-43(48)50)31-21-23-33(24-22-31)49(34-25-27-39-37-13-5-8-19-44(37)51-46(39)29-34)35-26-28-40-38-14-6-9-20-45(38)52-47(40)30-35/h1-30H. The number of benzene rings is 8. The summed E-state index contributed by atoms with van der Waals surface area (Å²) < 4.78 is 7.62. The van der Waals surface area contributed by atoms with E-state index in [4.69, 9.17) is 0 Å². The minimum Gasteiger partial charge on any atom is -0.310 e. The number of aromatic nitrogens is 1. The van der Waals surface area contributed by atoms with Gasteiger partial charge in [0.25, 0.3) is 0 Å². The summed E-state index contributed by atoms with van der Waals surface area (Å²) in [4.78, 5) is 2.42. The van der Waals surface area contributed by atoms with Gasteiger partial charge in [-0.25, -0.2) is 0 Å². The summed E-state index contributed by atoms with van der Waals surface area (Å²) in [6.07, 6.45) is 0. The van der Waals surface area contributed by atoms with Crippen LogP contribution in [0, 0.1) is 0 Å². The van der Waals surface area contributed by atoms with Crippen molar-refractivity contribution in [2.24, 2.45) is 0 Å². The highest BCUT2D eigenvalue weighted by Crippen LogP contribution is 2.44. The van der Waals surface area contributed by atoms with Crippen LogP contribution >= 0.6 is 22.7 Å². The fourth-order valence-corrected chi connectivity index (χ4v) is 10.3. The van der Waals surface area contributed by atoms with E-state index < -0.39 is 0 Å². The van der Waals surface area contributed by atoms with E-state index in [-0.39, 0.29) is 0 Å². The molecule has 2 nitrogen and oxygen atoms in total. The first-order valence-corrected chi connectivity index (χ1v) is 19.2. The molecule has 0 saturated heterocycles. The zero-order valence-electron chi connectivity index (χ0n) is 28.0. The molecule has 0 spiro atoms. The van der Waals surface area contributed by atoms with E-state index in [9.17, 15) is 0 Å². The first-order chi connectivity index (χ1) is 25.8. The molecule has 0 aliphatic rings. The predicted molar refractivity (Wildman–Crippen MR) is 227 cm³/mol. The summed E-state index contributed by atoms with van der Waals surface area (Å²) in [7, 11) is 0. The number of hydrogen-bond acceptors (Lipinski definition) is 3. The summed E-state index contributed by atoms with van der Waals surface area (Å²) in [5, 5.41) is 7.79. The van der Waals surface area contributed by atoms with Crippen LogP contribution in [-0.2, 0) is 0 Å². The molecule has 0 amide bonds. The molecule has 0 fully saturated rings. The largest absolute Gasteiger partial charge is 0.310 e. The lowest BCUT2D eigenvalue weighted by Gasteiger charge is -2.26. The van der Waals surface area contributed by atoms with E-state index in [2.05, 4.69) is 191 Å². The molecule has 8 aromatic carbocycles. The van der Waals surface area contributed by atoms with Gasteiger partial charge < -0.3 is 9.47 Å². The molecular weight excluding hydrogens is 669 g/mol. The summed E-state index contributed by atoms with van der Waals surface area (Å²) in [6, 6.07) is 66.6. The van der Waals surface area contributed by atoms with Crippen molar-refractivity contribution in [1.29, 1.82) is 0 Å². The van der Waals surface area contributed by atoms with Crippen LogP contribution < -0.4 is 4.90 Å². The summed E-state index contributed by atoms with van der Waals surface area (Å²) >= 11 is 3.73. The third kappa shape index (κ3) is 4.55. The van der Waals surface area contributed by atoms with E-state index in [0.717, 1.165) is 17.1 Å². The zero-order valence-corrected chi connectivity index (χ0v) is 29.7. The Labute approximate surface area is 308 Å². The van der Waals surface area contributed by atoms with E-state index in [0.29, 0.717) is 0 Å². The van der Waals surface area contributed by atoms with E-state index >= 15 is 0 Å². The quantitative estimate of drug-likeness (QED) is 0.174. The molecule has 3 heterocycles. The number of thiophene rings is 2. The first kappa shape index (κ1) is 29.5. The maximum Gasteiger partial charge on any atom is 0.0547 e. The molecule has 11 aromatic rings. The molecule has 0 bridgehead atoms. The van der Waals surface area contributed by atoms with Gasteiger partial charge in [0.1, 0.15) is 0 Å². The molecule has 4 heteroatoms. The van der Waals surface area contributed by atoms with Gasteiger partial charge in [-0.3, -0.25) is 0 Å². The van der Waals surface area contributed by atoms with Gasteiger partial charge in [-0.1, -0.05) is 109 Å². The summed E-state index contributed by atoms with van der Waals surface area (Å²) in [6.45, 7) is 0. The number of fused-ring (bicyclic) bond motifs is 9. The molecular formula is C48H30N2S2. The molecule has 0 unspecified atom stereocenters. The third-order valence-corrected chi connectivity index (χ3v) is 12.7. The van der Waals surface area contributed by atoms with Gasteiger partial charge in [-0.2, -0.15) is 0 Å². The second-order valence-electron chi connectivity index (χ2n) is 13.3. The van der Waals surface area contributed by atoms with Crippen molar-refractivity contribution < 1.29 is 0 Å². The van der Waals surface area contributed by atoms with Crippen LogP contribution in [0.1, 0.15) is 0 Å². The van der Waals surface area contributed by atoms with Crippen molar-refractivity contribution in [1.82, 2.24) is 4.57 Å². The van der Waals surface area contributed by atoms with Crippen molar-refractivity contribution in [2.75, 3.05) is 4.90 Å². The molecule has 0 radical (unpaired) electrons. The van der Waals surface area contributed by atoms with Crippen LogP contribution in [0.2, 0.25) is 0 Å². The van der Waals surface area contributed by atoms with Crippen LogP contribution in [0.5, 0.6) is 0 Å². The lowest BCUT2D eigenvalue weighted by molar-refractivity contribution is 1.18. The number of nitrogens with zero attached hydrogens (tertiary/aromatic N) is 2. The van der Waals surface area contributed by atoms with Crippen LogP contribution in [0.25, 0.3) is 79.0 Å². The molecule has 0 N–H and O–H groups in total. The van der Waals surface area contributed by atoms with Gasteiger partial charge in [0.15, 0.2) is 0 Å². The molecule has 244 valence electrons. The fourth-order valence-electron chi connectivity index (χ4n) is 8.06. The molecule has 0 aliphatic carbocycles. The van der Waals surface area contributed by atoms with Gasteiger partial charge >= 0.3 is 0 Å². The highest BCUT2D eigenvalue weighted by Gasteiger charge is 2.19. The molecule has 0 saturated carbocycles. The van der Waals surface area contributed by atoms with E-state index in [1.807, 2.05) is 22.7 Å². The third-order valence-electron chi connectivity index (χ3n) is 10.4. The fraction of sp³-hybridized carbons (Fsp3) is 0. The molecule has 3 aromatic heterocycles. The average molecular weight is 699 g/mol. The van der Waals surface area contributed by atoms with Crippen LogP contribution in [0.3, 0.4) is 0 Å². The van der Waals surface area contributed by atoms with Gasteiger partial charge in [0.2, 0.25) is 0 Å². The van der Waals surface area contributed by atoms with Crippen molar-refractivity contribution in [3.05, 3.63) is 182 Å². The van der Waals surface area contributed by atoms with E-state index in [1.165, 1.54) is 79.0 Å². The summed E-state index contributed by atoms with van der Waals surface area (Å²) in [5.41, 5.74) is 9.47. The Balaban J connectivity index is 1.08. The number of anilines is 3. The van der Waals surface area contributed by atoms with Gasteiger partial charge in [0, 0.05) is 73.9 Å². The second-order valence-corrected chi connectivity index (χ2v) is 15.5. The molecule has 0 aliphatic heterocycles. The van der Waals surface area contributed by atoms with Crippen molar-refractivity contribution in [2.45, 2.75) is 0 Å². The Morgan fingerprint density at radius 2 is 0.885 bits per heavy atom. The summed E-state index contributed by atoms with van der Waals surface area (Å²) in [5.74, 6) is 0. The monoisotopic (exact) mass is 698 g/mol. The number of rotatable bonds is 5. The average Bonchev–Trinajstić information content (AvgIpc) is 3.87. The van der Waals surface area contributed by atoms with Gasteiger partial charge in [0.05, 0.1) is 11.0 Å². The highest BCUT2D eigenvalue weighted by molar-refractivity contribution is 7.26.